The normalized spacial score (nSPS) is 10.4. The largest absolute Gasteiger partial charge is 0.335 e. The van der Waals surface area contributed by atoms with E-state index in [1.54, 1.807) is 17.4 Å². The highest BCUT2D eigenvalue weighted by Crippen LogP contribution is 2.26. The summed E-state index contributed by atoms with van der Waals surface area (Å²) in [5, 5.41) is 19.8. The van der Waals surface area contributed by atoms with Gasteiger partial charge in [-0.15, -0.1) is 21.5 Å². The van der Waals surface area contributed by atoms with Gasteiger partial charge < -0.3 is 5.84 Å². The van der Waals surface area contributed by atoms with Crippen LogP contribution in [0.25, 0.3) is 10.7 Å². The molecule has 0 saturated carbocycles. The molecule has 0 saturated heterocycles. The highest BCUT2D eigenvalue weighted by atomic mass is 32.2. The topological polar surface area (TPSA) is 80.5 Å². The van der Waals surface area contributed by atoms with Crippen molar-refractivity contribution in [2.45, 2.75) is 10.9 Å². The van der Waals surface area contributed by atoms with Crippen LogP contribution < -0.4 is 5.84 Å². The van der Waals surface area contributed by atoms with Gasteiger partial charge in [0, 0.05) is 5.75 Å². The van der Waals surface area contributed by atoms with Crippen molar-refractivity contribution in [3.05, 3.63) is 52.9 Å². The Bertz CT molecular complexity index is 786. The predicted octanol–water partition coefficient (Wildman–Crippen LogP) is 2.88. The molecule has 0 radical (unpaired) electrons. The number of hydrogen-bond acceptors (Lipinski definition) is 6. The van der Waals surface area contributed by atoms with Gasteiger partial charge in [0.25, 0.3) is 0 Å². The maximum Gasteiger partial charge on any atom is 0.210 e. The number of thioether (sulfide) groups is 1. The van der Waals surface area contributed by atoms with Crippen molar-refractivity contribution in [3.8, 4) is 16.8 Å². The second kappa shape index (κ2) is 5.99. The van der Waals surface area contributed by atoms with Crippen LogP contribution in [-0.2, 0) is 5.75 Å². The molecule has 0 aliphatic carbocycles. The fraction of sp³-hybridized carbons (Fsp3) is 0.0714. The van der Waals surface area contributed by atoms with Crippen molar-refractivity contribution >= 4 is 23.1 Å². The molecule has 1 aromatic carbocycles. The molecule has 21 heavy (non-hydrogen) atoms. The summed E-state index contributed by atoms with van der Waals surface area (Å²) in [5.74, 6) is 7.39. The molecule has 2 heterocycles. The van der Waals surface area contributed by atoms with Crippen LogP contribution in [0.5, 0.6) is 0 Å². The van der Waals surface area contributed by atoms with E-state index in [0.717, 1.165) is 10.4 Å². The molecule has 7 heteroatoms. The van der Waals surface area contributed by atoms with E-state index >= 15 is 0 Å². The third kappa shape index (κ3) is 2.91. The molecule has 0 amide bonds. The Balaban J connectivity index is 1.76. The lowest BCUT2D eigenvalue weighted by Gasteiger charge is -2.03. The predicted molar refractivity (Wildman–Crippen MR) is 84.2 cm³/mol. The van der Waals surface area contributed by atoms with Crippen LogP contribution in [0.2, 0.25) is 0 Å². The molecule has 3 rings (SSSR count). The number of nitrogens with zero attached hydrogens (tertiary/aromatic N) is 4. The molecule has 0 atom stereocenters. The molecule has 3 aromatic rings. The lowest BCUT2D eigenvalue weighted by Crippen LogP contribution is -2.11. The van der Waals surface area contributed by atoms with Crippen molar-refractivity contribution < 1.29 is 0 Å². The lowest BCUT2D eigenvalue weighted by molar-refractivity contribution is 0.850. The Labute approximate surface area is 130 Å². The fourth-order valence-corrected chi connectivity index (χ4v) is 3.33. The molecule has 2 N–H and O–H groups in total. The molecule has 0 aliphatic heterocycles. The molecule has 0 unspecified atom stereocenters. The Kier molecular flexibility index (Phi) is 3.90. The maximum atomic E-state index is 8.90. The van der Waals surface area contributed by atoms with Gasteiger partial charge in [0.2, 0.25) is 5.16 Å². The number of benzene rings is 1. The van der Waals surface area contributed by atoms with E-state index in [2.05, 4.69) is 16.3 Å². The monoisotopic (exact) mass is 313 g/mol. The Hall–Kier alpha value is -2.30. The summed E-state index contributed by atoms with van der Waals surface area (Å²) in [5.41, 5.74) is 1.71. The average Bonchev–Trinajstić information content (AvgIpc) is 3.15. The van der Waals surface area contributed by atoms with E-state index in [0.29, 0.717) is 22.3 Å². The smallest absolute Gasteiger partial charge is 0.210 e. The second-order valence-electron chi connectivity index (χ2n) is 4.25. The zero-order valence-electron chi connectivity index (χ0n) is 10.9. The van der Waals surface area contributed by atoms with Crippen LogP contribution >= 0.6 is 23.1 Å². The quantitative estimate of drug-likeness (QED) is 0.591. The number of thiophene rings is 1. The zero-order chi connectivity index (χ0) is 14.7. The molecule has 0 fully saturated rings. The summed E-state index contributed by atoms with van der Waals surface area (Å²) in [6.45, 7) is 0. The van der Waals surface area contributed by atoms with Crippen LogP contribution in [0.1, 0.15) is 11.1 Å². The number of nitrogens with two attached hydrogens (primary N) is 1. The number of hydrogen-bond donors (Lipinski definition) is 1. The third-order valence-electron chi connectivity index (χ3n) is 2.83. The minimum absolute atomic E-state index is 0.653. The van der Waals surface area contributed by atoms with Gasteiger partial charge in [-0.1, -0.05) is 30.0 Å². The van der Waals surface area contributed by atoms with Crippen molar-refractivity contribution in [2.75, 3.05) is 5.84 Å². The van der Waals surface area contributed by atoms with E-state index in [1.165, 1.54) is 16.4 Å². The Morgan fingerprint density at radius 1 is 1.29 bits per heavy atom. The van der Waals surface area contributed by atoms with E-state index in [4.69, 9.17) is 11.1 Å². The zero-order valence-corrected chi connectivity index (χ0v) is 12.6. The summed E-state index contributed by atoms with van der Waals surface area (Å²) in [6.07, 6.45) is 0. The van der Waals surface area contributed by atoms with Crippen molar-refractivity contribution in [3.63, 3.8) is 0 Å². The highest BCUT2D eigenvalue weighted by Gasteiger charge is 2.12. The number of aromatic nitrogens is 3. The van der Waals surface area contributed by atoms with Gasteiger partial charge in [-0.25, -0.2) is 4.68 Å². The summed E-state index contributed by atoms with van der Waals surface area (Å²) >= 11 is 3.07. The van der Waals surface area contributed by atoms with E-state index in [-0.39, 0.29) is 0 Å². The first-order valence-electron chi connectivity index (χ1n) is 6.14. The van der Waals surface area contributed by atoms with Crippen LogP contribution in [0, 0.1) is 11.3 Å². The lowest BCUT2D eigenvalue weighted by atomic mass is 10.2. The minimum atomic E-state index is 0.653. The standard InChI is InChI=1S/C14H11N5S2/c15-8-10-3-1-4-11(7-10)9-21-14-18-17-13(19(14)16)12-5-2-6-20-12/h1-7H,9,16H2. The first-order chi connectivity index (χ1) is 10.3. The van der Waals surface area contributed by atoms with Crippen molar-refractivity contribution in [1.29, 1.82) is 5.26 Å². The Morgan fingerprint density at radius 3 is 2.95 bits per heavy atom. The number of nitrogen functional groups attached to an aromatic ring is 1. The van der Waals surface area contributed by atoms with Crippen LogP contribution in [0.4, 0.5) is 0 Å². The van der Waals surface area contributed by atoms with Crippen LogP contribution in [0.3, 0.4) is 0 Å². The third-order valence-corrected chi connectivity index (χ3v) is 4.71. The SMILES string of the molecule is N#Cc1cccc(CSc2nnc(-c3cccs3)n2N)c1. The van der Waals surface area contributed by atoms with Crippen LogP contribution in [-0.4, -0.2) is 14.9 Å². The molecule has 5 nitrogen and oxygen atoms in total. The number of rotatable bonds is 4. The van der Waals surface area contributed by atoms with Crippen molar-refractivity contribution in [2.24, 2.45) is 0 Å². The molecular weight excluding hydrogens is 302 g/mol. The molecule has 0 aliphatic rings. The van der Waals surface area contributed by atoms with Gasteiger partial charge >= 0.3 is 0 Å². The minimum Gasteiger partial charge on any atom is -0.335 e. The molecular formula is C14H11N5S2. The molecule has 0 spiro atoms. The van der Waals surface area contributed by atoms with Gasteiger partial charge in [-0.2, -0.15) is 5.26 Å². The van der Waals surface area contributed by atoms with Crippen molar-refractivity contribution in [1.82, 2.24) is 14.9 Å². The summed E-state index contributed by atoms with van der Waals surface area (Å²) in [7, 11) is 0. The average molecular weight is 313 g/mol. The van der Waals surface area contributed by atoms with E-state index < -0.39 is 0 Å². The summed E-state index contributed by atoms with van der Waals surface area (Å²) in [6, 6.07) is 13.6. The van der Waals surface area contributed by atoms with E-state index in [1.807, 2.05) is 35.7 Å². The molecule has 2 aromatic heterocycles. The van der Waals surface area contributed by atoms with Gasteiger partial charge in [0.05, 0.1) is 16.5 Å². The van der Waals surface area contributed by atoms with E-state index in [9.17, 15) is 0 Å². The first-order valence-corrected chi connectivity index (χ1v) is 8.00. The van der Waals surface area contributed by atoms with Gasteiger partial charge in [0.1, 0.15) is 0 Å². The molecule has 104 valence electrons. The summed E-state index contributed by atoms with van der Waals surface area (Å²) < 4.78 is 1.50. The second-order valence-corrected chi connectivity index (χ2v) is 6.14. The Morgan fingerprint density at radius 2 is 2.19 bits per heavy atom. The first kappa shape index (κ1) is 13.7. The highest BCUT2D eigenvalue weighted by molar-refractivity contribution is 7.98. The van der Waals surface area contributed by atoms with Gasteiger partial charge in [-0.05, 0) is 29.1 Å². The number of nitriles is 1. The molecule has 0 bridgehead atoms. The fourth-order valence-electron chi connectivity index (χ4n) is 1.83. The van der Waals surface area contributed by atoms with Gasteiger partial charge in [-0.3, -0.25) is 0 Å². The maximum absolute atomic E-state index is 8.90. The van der Waals surface area contributed by atoms with Crippen LogP contribution in [0.15, 0.2) is 46.9 Å². The van der Waals surface area contributed by atoms with Gasteiger partial charge in [0.15, 0.2) is 5.82 Å². The summed E-state index contributed by atoms with van der Waals surface area (Å²) in [4.78, 5) is 0.989.